The highest BCUT2D eigenvalue weighted by Gasteiger charge is 2.32. The molecule has 4 aromatic rings. The van der Waals surface area contributed by atoms with Crippen molar-refractivity contribution in [3.05, 3.63) is 59.5 Å². The highest BCUT2D eigenvalue weighted by molar-refractivity contribution is 7.89. The summed E-state index contributed by atoms with van der Waals surface area (Å²) in [4.78, 5) is 19.4. The van der Waals surface area contributed by atoms with Crippen LogP contribution in [0.1, 0.15) is 5.56 Å². The van der Waals surface area contributed by atoms with Crippen LogP contribution in [0.5, 0.6) is 5.75 Å². The second kappa shape index (κ2) is 11.4. The first-order chi connectivity index (χ1) is 19.1. The van der Waals surface area contributed by atoms with E-state index in [2.05, 4.69) is 35.9 Å². The Balaban J connectivity index is 1.42. The summed E-state index contributed by atoms with van der Waals surface area (Å²) >= 11 is 6.41. The Labute approximate surface area is 236 Å². The van der Waals surface area contributed by atoms with Gasteiger partial charge in [0.15, 0.2) is 15.7 Å². The predicted octanol–water partition coefficient (Wildman–Crippen LogP) is 3.86. The second-order valence-corrected chi connectivity index (χ2v) is 12.0. The van der Waals surface area contributed by atoms with Gasteiger partial charge in [0.1, 0.15) is 16.9 Å². The summed E-state index contributed by atoms with van der Waals surface area (Å²) in [5, 5.41) is 9.51. The van der Waals surface area contributed by atoms with Gasteiger partial charge in [0.2, 0.25) is 5.95 Å². The number of fused-ring (bicyclic) bond motifs is 1. The van der Waals surface area contributed by atoms with Crippen LogP contribution in [0, 0.1) is 0 Å². The molecule has 1 aliphatic heterocycles. The van der Waals surface area contributed by atoms with Crippen molar-refractivity contribution >= 4 is 61.3 Å². The monoisotopic (exact) mass is 586 g/mol. The quantitative estimate of drug-likeness (QED) is 0.264. The second-order valence-electron chi connectivity index (χ2n) is 9.43. The van der Waals surface area contributed by atoms with Crippen LogP contribution in [0.4, 0.5) is 33.2 Å². The summed E-state index contributed by atoms with van der Waals surface area (Å²) in [7, 11) is -0.0951. The number of anilines is 5. The fraction of sp³-hybridized carbons (Fsp3) is 0.308. The Kier molecular flexibility index (Phi) is 7.88. The van der Waals surface area contributed by atoms with Crippen molar-refractivity contribution in [2.45, 2.75) is 18.0 Å². The number of hydrogen-bond acceptors (Lipinski definition) is 11. The molecule has 0 unspecified atom stereocenters. The average molecular weight is 587 g/mol. The highest BCUT2D eigenvalue weighted by Crippen LogP contribution is 2.35. The van der Waals surface area contributed by atoms with Crippen molar-refractivity contribution < 1.29 is 17.5 Å². The maximum Gasteiger partial charge on any atom is 0.229 e. The summed E-state index contributed by atoms with van der Waals surface area (Å²) in [5.41, 5.74) is 3.38. The van der Waals surface area contributed by atoms with Crippen LogP contribution in [0.25, 0.3) is 11.0 Å². The fourth-order valence-corrected chi connectivity index (χ4v) is 5.56. The molecule has 1 saturated heterocycles. The Bertz CT molecular complexity index is 1660. The topological polar surface area (TPSA) is 134 Å². The van der Waals surface area contributed by atoms with E-state index in [-0.39, 0.29) is 28.6 Å². The summed E-state index contributed by atoms with van der Waals surface area (Å²) in [6.07, 6.45) is 4.68. The molecular formula is C26H28ClFN8O3S. The molecule has 0 aliphatic carbocycles. The molecule has 5 rings (SSSR count). The van der Waals surface area contributed by atoms with Crippen LogP contribution >= 0.6 is 11.6 Å². The van der Waals surface area contributed by atoms with Crippen LogP contribution in [-0.2, 0) is 15.6 Å². The van der Waals surface area contributed by atoms with Gasteiger partial charge in [0, 0.05) is 48.2 Å². The number of aromatic nitrogens is 4. The normalized spacial score (nSPS) is 17.3. The van der Waals surface area contributed by atoms with Crippen LogP contribution < -0.4 is 25.6 Å². The molecule has 0 bridgehead atoms. The minimum absolute atomic E-state index is 0.225. The third-order valence-corrected chi connectivity index (χ3v) is 7.65. The van der Waals surface area contributed by atoms with Gasteiger partial charge in [-0.1, -0.05) is 11.6 Å². The molecule has 1 fully saturated rings. The van der Waals surface area contributed by atoms with Crippen molar-refractivity contribution in [3.8, 4) is 5.75 Å². The lowest BCUT2D eigenvalue weighted by molar-refractivity contribution is 0.310. The average Bonchev–Trinajstić information content (AvgIpc) is 3.31. The van der Waals surface area contributed by atoms with E-state index in [9.17, 15) is 12.8 Å². The maximum absolute atomic E-state index is 14.3. The Morgan fingerprint density at radius 1 is 1.10 bits per heavy atom. The van der Waals surface area contributed by atoms with Gasteiger partial charge in [-0.05, 0) is 31.3 Å². The van der Waals surface area contributed by atoms with E-state index in [0.717, 1.165) is 11.9 Å². The van der Waals surface area contributed by atoms with Gasteiger partial charge in [0.05, 0.1) is 48.4 Å². The highest BCUT2D eigenvalue weighted by atomic mass is 35.5. The Morgan fingerprint density at radius 3 is 2.60 bits per heavy atom. The van der Waals surface area contributed by atoms with E-state index in [4.69, 9.17) is 16.3 Å². The molecule has 210 valence electrons. The zero-order valence-corrected chi connectivity index (χ0v) is 23.6. The van der Waals surface area contributed by atoms with Gasteiger partial charge in [0.25, 0.3) is 0 Å². The lowest BCUT2D eigenvalue weighted by atomic mass is 10.1. The molecular weight excluding hydrogens is 559 g/mol. The summed E-state index contributed by atoms with van der Waals surface area (Å²) < 4.78 is 44.3. The lowest BCUT2D eigenvalue weighted by Gasteiger charge is -2.20. The molecule has 14 heteroatoms. The van der Waals surface area contributed by atoms with Crippen molar-refractivity contribution in [2.24, 2.45) is 0 Å². The molecule has 1 aliphatic rings. The number of likely N-dealkylation sites (N-methyl/N-ethyl adjacent to an activating group) is 1. The molecule has 11 nitrogen and oxygen atoms in total. The first-order valence-corrected chi connectivity index (χ1v) is 14.8. The molecule has 0 radical (unpaired) electrons. The number of benzene rings is 2. The minimum Gasteiger partial charge on any atom is -0.494 e. The number of methoxy groups -OCH3 is 1. The van der Waals surface area contributed by atoms with Gasteiger partial charge >= 0.3 is 0 Å². The molecule has 0 saturated carbocycles. The van der Waals surface area contributed by atoms with Gasteiger partial charge in [-0.15, -0.1) is 0 Å². The summed E-state index contributed by atoms with van der Waals surface area (Å²) in [5.74, 6) is 0.760. The van der Waals surface area contributed by atoms with E-state index in [1.807, 2.05) is 23.1 Å². The minimum atomic E-state index is -3.40. The number of sulfone groups is 1. The molecule has 3 N–H and O–H groups in total. The largest absolute Gasteiger partial charge is 0.494 e. The van der Waals surface area contributed by atoms with Gasteiger partial charge < -0.3 is 25.6 Å². The molecule has 2 atom stereocenters. The number of rotatable bonds is 9. The van der Waals surface area contributed by atoms with E-state index in [0.29, 0.717) is 46.8 Å². The van der Waals surface area contributed by atoms with E-state index in [1.165, 1.54) is 12.4 Å². The number of nitrogens with one attached hydrogen (secondary N) is 3. The van der Waals surface area contributed by atoms with Gasteiger partial charge in [-0.25, -0.2) is 17.8 Å². The van der Waals surface area contributed by atoms with Crippen LogP contribution in [0.2, 0.25) is 5.02 Å². The van der Waals surface area contributed by atoms with E-state index >= 15 is 0 Å². The standard InChI is InChI=1S/C26H28ClFN8O3S/c1-29-22-13-36(12-18(22)28)15-4-5-20(23(10-15)39-2)34-26-32-11-17(27)25(35-26)33-19-6-7-21-24(31-9-8-30-21)16(19)14-40(3,37)38/h4-11,18,22,29H,12-14H2,1-3H3,(H2,32,33,34,35)/t18-,22-/m1/s1. The molecule has 40 heavy (non-hydrogen) atoms. The Hall–Kier alpha value is -3.81. The smallest absolute Gasteiger partial charge is 0.229 e. The fourth-order valence-electron chi connectivity index (χ4n) is 4.61. The zero-order valence-electron chi connectivity index (χ0n) is 22.0. The lowest BCUT2D eigenvalue weighted by Crippen LogP contribution is -2.34. The van der Waals surface area contributed by atoms with Crippen molar-refractivity contribution in [3.63, 3.8) is 0 Å². The number of alkyl halides is 1. The molecule has 2 aromatic heterocycles. The molecule has 0 amide bonds. The van der Waals surface area contributed by atoms with Crippen LogP contribution in [0.15, 0.2) is 48.9 Å². The van der Waals surface area contributed by atoms with Crippen molar-refractivity contribution in [1.29, 1.82) is 0 Å². The first kappa shape index (κ1) is 27.7. The van der Waals surface area contributed by atoms with Crippen molar-refractivity contribution in [2.75, 3.05) is 49.0 Å². The van der Waals surface area contributed by atoms with Crippen molar-refractivity contribution in [1.82, 2.24) is 25.3 Å². The first-order valence-electron chi connectivity index (χ1n) is 12.4. The molecule has 0 spiro atoms. The third kappa shape index (κ3) is 6.01. The molecule has 2 aromatic carbocycles. The van der Waals surface area contributed by atoms with Gasteiger partial charge in [-0.3, -0.25) is 9.97 Å². The van der Waals surface area contributed by atoms with E-state index < -0.39 is 16.0 Å². The van der Waals surface area contributed by atoms with Crippen LogP contribution in [0.3, 0.4) is 0 Å². The maximum atomic E-state index is 14.3. The molecule has 3 heterocycles. The number of ether oxygens (including phenoxy) is 1. The summed E-state index contributed by atoms with van der Waals surface area (Å²) in [6.45, 7) is 0.836. The SMILES string of the molecule is CN[C@@H]1CN(c2ccc(Nc3ncc(Cl)c(Nc4ccc5nccnc5c4CS(C)(=O)=O)n3)c(OC)c2)C[C@H]1F. The number of hydrogen-bond donors (Lipinski definition) is 3. The van der Waals surface area contributed by atoms with Crippen LogP contribution in [-0.4, -0.2) is 74.1 Å². The predicted molar refractivity (Wildman–Crippen MR) is 155 cm³/mol. The Morgan fingerprint density at radius 2 is 1.88 bits per heavy atom. The number of nitrogens with zero attached hydrogens (tertiary/aromatic N) is 5. The third-order valence-electron chi connectivity index (χ3n) is 6.57. The zero-order chi connectivity index (χ0) is 28.4. The summed E-state index contributed by atoms with van der Waals surface area (Å²) in [6, 6.07) is 8.73. The van der Waals surface area contributed by atoms with Gasteiger partial charge in [-0.2, -0.15) is 4.98 Å². The van der Waals surface area contributed by atoms with E-state index in [1.54, 1.807) is 32.5 Å². The number of halogens is 2.